The standard InChI is InChI=1S/C16H23BrN2/c1-11-8-15(10-19(11)16-6-7-16)18-12(2)13-4-3-5-14(17)9-13/h3-5,9,11-12,15-16,18H,6-8,10H2,1-2H3. The molecule has 104 valence electrons. The number of halogens is 1. The Morgan fingerprint density at radius 2 is 2.16 bits per heavy atom. The van der Waals surface area contributed by atoms with Crippen molar-refractivity contribution in [3.05, 3.63) is 34.3 Å². The van der Waals surface area contributed by atoms with Gasteiger partial charge in [-0.25, -0.2) is 0 Å². The third-order valence-electron chi connectivity index (χ3n) is 4.47. The second kappa shape index (κ2) is 5.55. The second-order valence-corrected chi connectivity index (χ2v) is 7.07. The zero-order chi connectivity index (χ0) is 13.4. The third-order valence-corrected chi connectivity index (χ3v) is 4.97. The Bertz CT molecular complexity index is 444. The highest BCUT2D eigenvalue weighted by Gasteiger charge is 2.38. The maximum atomic E-state index is 3.80. The van der Waals surface area contributed by atoms with Gasteiger partial charge in [0.2, 0.25) is 0 Å². The first-order valence-corrected chi connectivity index (χ1v) is 8.20. The molecule has 3 atom stereocenters. The summed E-state index contributed by atoms with van der Waals surface area (Å²) in [5.41, 5.74) is 1.37. The monoisotopic (exact) mass is 322 g/mol. The van der Waals surface area contributed by atoms with Crippen LogP contribution in [0.5, 0.6) is 0 Å². The van der Waals surface area contributed by atoms with Crippen LogP contribution in [0.2, 0.25) is 0 Å². The Hall–Kier alpha value is -0.380. The maximum absolute atomic E-state index is 3.80. The number of rotatable bonds is 4. The fourth-order valence-electron chi connectivity index (χ4n) is 3.32. The fourth-order valence-corrected chi connectivity index (χ4v) is 3.73. The quantitative estimate of drug-likeness (QED) is 0.908. The van der Waals surface area contributed by atoms with Gasteiger partial charge in [-0.3, -0.25) is 4.90 Å². The first kappa shape index (κ1) is 13.6. The number of likely N-dealkylation sites (tertiary alicyclic amines) is 1. The van der Waals surface area contributed by atoms with Gasteiger partial charge < -0.3 is 5.32 Å². The van der Waals surface area contributed by atoms with Crippen LogP contribution in [0, 0.1) is 0 Å². The van der Waals surface area contributed by atoms with E-state index in [1.54, 1.807) is 0 Å². The van der Waals surface area contributed by atoms with E-state index < -0.39 is 0 Å². The van der Waals surface area contributed by atoms with E-state index in [9.17, 15) is 0 Å². The SMILES string of the molecule is CC(NC1CC(C)N(C2CC2)C1)c1cccc(Br)c1. The van der Waals surface area contributed by atoms with E-state index in [0.29, 0.717) is 12.1 Å². The van der Waals surface area contributed by atoms with E-state index in [2.05, 4.69) is 64.3 Å². The molecule has 3 unspecified atom stereocenters. The van der Waals surface area contributed by atoms with E-state index in [1.165, 1.54) is 31.4 Å². The van der Waals surface area contributed by atoms with Crippen molar-refractivity contribution in [2.45, 2.75) is 57.3 Å². The van der Waals surface area contributed by atoms with Crippen molar-refractivity contribution in [1.82, 2.24) is 10.2 Å². The van der Waals surface area contributed by atoms with Crippen molar-refractivity contribution in [2.24, 2.45) is 0 Å². The van der Waals surface area contributed by atoms with E-state index in [4.69, 9.17) is 0 Å². The van der Waals surface area contributed by atoms with Gasteiger partial charge in [-0.05, 0) is 50.8 Å². The van der Waals surface area contributed by atoms with Gasteiger partial charge in [0.15, 0.2) is 0 Å². The Morgan fingerprint density at radius 1 is 1.37 bits per heavy atom. The number of hydrogen-bond donors (Lipinski definition) is 1. The minimum Gasteiger partial charge on any atom is -0.306 e. The molecule has 1 saturated carbocycles. The average Bonchev–Trinajstić information content (AvgIpc) is 3.14. The molecule has 1 aromatic rings. The largest absolute Gasteiger partial charge is 0.306 e. The van der Waals surface area contributed by atoms with Crippen molar-refractivity contribution < 1.29 is 0 Å². The summed E-state index contributed by atoms with van der Waals surface area (Å²) < 4.78 is 1.16. The molecule has 3 rings (SSSR count). The van der Waals surface area contributed by atoms with Gasteiger partial charge in [0.25, 0.3) is 0 Å². The lowest BCUT2D eigenvalue weighted by molar-refractivity contribution is 0.254. The van der Waals surface area contributed by atoms with Gasteiger partial charge in [-0.15, -0.1) is 0 Å². The predicted octanol–water partition coefficient (Wildman–Crippen LogP) is 3.72. The molecule has 1 heterocycles. The molecule has 1 saturated heterocycles. The summed E-state index contributed by atoms with van der Waals surface area (Å²) in [6.45, 7) is 5.88. The Morgan fingerprint density at radius 3 is 2.84 bits per heavy atom. The first-order valence-electron chi connectivity index (χ1n) is 7.40. The molecule has 2 fully saturated rings. The third kappa shape index (κ3) is 3.21. The highest BCUT2D eigenvalue weighted by Crippen LogP contribution is 2.33. The summed E-state index contributed by atoms with van der Waals surface area (Å²) in [6, 6.07) is 11.3. The van der Waals surface area contributed by atoms with Crippen LogP contribution in [0.3, 0.4) is 0 Å². The van der Waals surface area contributed by atoms with Crippen LogP contribution in [0.4, 0.5) is 0 Å². The molecule has 0 radical (unpaired) electrons. The molecule has 19 heavy (non-hydrogen) atoms. The highest BCUT2D eigenvalue weighted by atomic mass is 79.9. The lowest BCUT2D eigenvalue weighted by atomic mass is 10.1. The molecule has 2 nitrogen and oxygen atoms in total. The van der Waals surface area contributed by atoms with Crippen LogP contribution in [-0.4, -0.2) is 29.6 Å². The number of hydrogen-bond acceptors (Lipinski definition) is 2. The van der Waals surface area contributed by atoms with Gasteiger partial charge in [0, 0.05) is 35.2 Å². The molecule has 1 aliphatic heterocycles. The molecule has 0 aromatic heterocycles. The van der Waals surface area contributed by atoms with Gasteiger partial charge in [0.1, 0.15) is 0 Å². The summed E-state index contributed by atoms with van der Waals surface area (Å²) in [4.78, 5) is 2.70. The first-order chi connectivity index (χ1) is 9.13. The van der Waals surface area contributed by atoms with Crippen LogP contribution in [0.25, 0.3) is 0 Å². The van der Waals surface area contributed by atoms with Gasteiger partial charge in [-0.2, -0.15) is 0 Å². The van der Waals surface area contributed by atoms with Gasteiger partial charge in [-0.1, -0.05) is 28.1 Å². The number of benzene rings is 1. The van der Waals surface area contributed by atoms with Crippen LogP contribution < -0.4 is 5.32 Å². The zero-order valence-electron chi connectivity index (χ0n) is 11.8. The molecular formula is C16H23BrN2. The minimum absolute atomic E-state index is 0.425. The molecule has 2 aliphatic rings. The normalized spacial score (nSPS) is 29.6. The maximum Gasteiger partial charge on any atom is 0.0295 e. The molecule has 0 amide bonds. The lowest BCUT2D eigenvalue weighted by Gasteiger charge is -2.21. The van der Waals surface area contributed by atoms with Crippen molar-refractivity contribution in [1.29, 1.82) is 0 Å². The van der Waals surface area contributed by atoms with Gasteiger partial charge >= 0.3 is 0 Å². The minimum atomic E-state index is 0.425. The topological polar surface area (TPSA) is 15.3 Å². The predicted molar refractivity (Wildman–Crippen MR) is 83.3 cm³/mol. The van der Waals surface area contributed by atoms with Gasteiger partial charge in [0.05, 0.1) is 0 Å². The van der Waals surface area contributed by atoms with Crippen LogP contribution in [0.1, 0.15) is 44.7 Å². The highest BCUT2D eigenvalue weighted by molar-refractivity contribution is 9.10. The molecule has 1 N–H and O–H groups in total. The molecular weight excluding hydrogens is 300 g/mol. The number of nitrogens with zero attached hydrogens (tertiary/aromatic N) is 1. The number of nitrogens with one attached hydrogen (secondary N) is 1. The molecule has 0 spiro atoms. The van der Waals surface area contributed by atoms with Crippen molar-refractivity contribution >= 4 is 15.9 Å². The Kier molecular flexibility index (Phi) is 3.97. The molecule has 3 heteroatoms. The van der Waals surface area contributed by atoms with Crippen LogP contribution >= 0.6 is 15.9 Å². The summed E-state index contributed by atoms with van der Waals surface area (Å²) in [7, 11) is 0. The Labute approximate surface area is 124 Å². The molecule has 1 aromatic carbocycles. The van der Waals surface area contributed by atoms with E-state index in [-0.39, 0.29) is 0 Å². The van der Waals surface area contributed by atoms with Crippen molar-refractivity contribution in [2.75, 3.05) is 6.54 Å². The Balaban J connectivity index is 1.59. The fraction of sp³-hybridized carbons (Fsp3) is 0.625. The summed E-state index contributed by atoms with van der Waals surface area (Å²) in [5.74, 6) is 0. The van der Waals surface area contributed by atoms with Crippen LogP contribution in [0.15, 0.2) is 28.7 Å². The second-order valence-electron chi connectivity index (χ2n) is 6.15. The van der Waals surface area contributed by atoms with Crippen molar-refractivity contribution in [3.8, 4) is 0 Å². The average molecular weight is 323 g/mol. The van der Waals surface area contributed by atoms with E-state index in [0.717, 1.165) is 16.6 Å². The van der Waals surface area contributed by atoms with E-state index in [1.807, 2.05) is 0 Å². The molecule has 1 aliphatic carbocycles. The summed E-state index contributed by atoms with van der Waals surface area (Å²) >= 11 is 3.55. The summed E-state index contributed by atoms with van der Waals surface area (Å²) in [6.07, 6.45) is 4.12. The van der Waals surface area contributed by atoms with E-state index >= 15 is 0 Å². The zero-order valence-corrected chi connectivity index (χ0v) is 13.4. The van der Waals surface area contributed by atoms with Crippen molar-refractivity contribution in [3.63, 3.8) is 0 Å². The molecule has 0 bridgehead atoms. The lowest BCUT2D eigenvalue weighted by Crippen LogP contribution is -2.35. The smallest absolute Gasteiger partial charge is 0.0295 e. The summed E-state index contributed by atoms with van der Waals surface area (Å²) in [5, 5.41) is 3.80. The van der Waals surface area contributed by atoms with Crippen LogP contribution in [-0.2, 0) is 0 Å².